The Labute approximate surface area is 445 Å². The fraction of sp³-hybridized carbons (Fsp3) is 0.577. The Kier molecular flexibility index (Phi) is 20.4. The summed E-state index contributed by atoms with van der Waals surface area (Å²) in [6, 6.07) is 17.4. The molecule has 2 atom stereocenters. The Bertz CT molecular complexity index is 2780. The van der Waals surface area contributed by atoms with Gasteiger partial charge in [0.1, 0.15) is 21.1 Å². The lowest BCUT2D eigenvalue weighted by molar-refractivity contribution is 0.0728. The molecular formula is C52H74N10O12S2. The number of morpholine rings is 2. The van der Waals surface area contributed by atoms with Gasteiger partial charge in [0.25, 0.3) is 0 Å². The number of amides is 4. The molecule has 4 aliphatic heterocycles. The summed E-state index contributed by atoms with van der Waals surface area (Å²) < 4.78 is 74.9. The summed E-state index contributed by atoms with van der Waals surface area (Å²) in [6.07, 6.45) is 2.30. The Morgan fingerprint density at radius 2 is 1.03 bits per heavy atom. The van der Waals surface area contributed by atoms with Crippen LogP contribution < -0.4 is 31.1 Å². The Morgan fingerprint density at radius 3 is 1.39 bits per heavy atom. The van der Waals surface area contributed by atoms with Crippen molar-refractivity contribution in [3.05, 3.63) is 72.1 Å². The largest absolute Gasteiger partial charge is 0.396 e. The fourth-order valence-electron chi connectivity index (χ4n) is 9.79. The molecule has 24 heteroatoms. The van der Waals surface area contributed by atoms with Gasteiger partial charge in [-0.15, -0.1) is 0 Å². The van der Waals surface area contributed by atoms with E-state index < -0.39 is 29.2 Å². The molecule has 76 heavy (non-hydrogen) atoms. The number of aromatic nitrogens is 4. The molecule has 4 saturated heterocycles. The fourth-order valence-corrected chi connectivity index (χ4v) is 14.0. The number of hydrogen-bond acceptors (Lipinski definition) is 18. The summed E-state index contributed by atoms with van der Waals surface area (Å²) in [5.41, 5.74) is 3.52. The van der Waals surface area contributed by atoms with Crippen LogP contribution in [0.3, 0.4) is 0 Å². The van der Waals surface area contributed by atoms with Gasteiger partial charge in [0, 0.05) is 101 Å². The molecule has 6 heterocycles. The van der Waals surface area contributed by atoms with Gasteiger partial charge in [-0.3, -0.25) is 0 Å². The third-order valence-corrected chi connectivity index (χ3v) is 19.4. The number of anilines is 4. The molecular weight excluding hydrogens is 1020 g/mol. The van der Waals surface area contributed by atoms with Crippen LogP contribution in [0.5, 0.6) is 0 Å². The van der Waals surface area contributed by atoms with E-state index in [0.29, 0.717) is 130 Å². The second-order valence-corrected chi connectivity index (χ2v) is 24.2. The van der Waals surface area contributed by atoms with E-state index in [0.717, 1.165) is 6.42 Å². The zero-order valence-corrected chi connectivity index (χ0v) is 45.6. The number of rotatable bonds is 18. The van der Waals surface area contributed by atoms with E-state index in [1.807, 2.05) is 32.9 Å². The first-order valence-electron chi connectivity index (χ1n) is 26.1. The topological polar surface area (TPSA) is 286 Å². The first-order chi connectivity index (χ1) is 36.6. The summed E-state index contributed by atoms with van der Waals surface area (Å²) in [7, 11) is -5.81. The SMILES string of the molecule is CCCNC(=O)Nc1ccc(-c2nc(N3CCOC[C@@H]3C)cc(C3(S(=O)(=O)CCCO)CCOCC3)n2)cc1.CNC(=O)Nc1ccc(-c2nc(N3CCOC[C@@H]3C)cc(C3(S(=O)(=O)CCCO)CCOCC3)n2)cc1. The summed E-state index contributed by atoms with van der Waals surface area (Å²) in [5.74, 6) is 1.84. The first kappa shape index (κ1) is 58.1. The van der Waals surface area contributed by atoms with Gasteiger partial charge in [0.15, 0.2) is 31.3 Å². The maximum atomic E-state index is 13.8. The third-order valence-electron chi connectivity index (χ3n) is 14.2. The number of benzene rings is 2. The third kappa shape index (κ3) is 13.7. The number of carbonyl (C=O) groups excluding carboxylic acids is 2. The molecule has 22 nitrogen and oxygen atoms in total. The minimum absolute atomic E-state index is 0.0548. The molecule has 4 aliphatic rings. The van der Waals surface area contributed by atoms with Crippen LogP contribution in [0.15, 0.2) is 60.7 Å². The van der Waals surface area contributed by atoms with E-state index in [1.165, 1.54) is 7.05 Å². The van der Waals surface area contributed by atoms with Crippen LogP contribution in [0, 0.1) is 0 Å². The second-order valence-electron chi connectivity index (χ2n) is 19.3. The Hall–Kier alpha value is -5.60. The van der Waals surface area contributed by atoms with Crippen molar-refractivity contribution in [3.8, 4) is 22.8 Å². The van der Waals surface area contributed by atoms with E-state index in [4.69, 9.17) is 38.9 Å². The predicted octanol–water partition coefficient (Wildman–Crippen LogP) is 4.63. The predicted molar refractivity (Wildman–Crippen MR) is 290 cm³/mol. The molecule has 0 bridgehead atoms. The van der Waals surface area contributed by atoms with Gasteiger partial charge >= 0.3 is 12.1 Å². The van der Waals surface area contributed by atoms with Gasteiger partial charge in [-0.05, 0) is 107 Å². The zero-order chi connectivity index (χ0) is 54.4. The minimum Gasteiger partial charge on any atom is -0.396 e. The molecule has 4 amide bonds. The van der Waals surface area contributed by atoms with Crippen molar-refractivity contribution in [2.45, 2.75) is 87.3 Å². The maximum absolute atomic E-state index is 13.8. The van der Waals surface area contributed by atoms with Crippen LogP contribution in [0.4, 0.5) is 32.6 Å². The van der Waals surface area contributed by atoms with E-state index in [2.05, 4.69) is 31.1 Å². The van der Waals surface area contributed by atoms with Crippen molar-refractivity contribution >= 4 is 54.7 Å². The molecule has 0 spiro atoms. The molecule has 0 saturated carbocycles. The van der Waals surface area contributed by atoms with Crippen molar-refractivity contribution in [2.24, 2.45) is 0 Å². The van der Waals surface area contributed by atoms with Crippen molar-refractivity contribution in [2.75, 3.05) is 125 Å². The van der Waals surface area contributed by atoms with E-state index >= 15 is 0 Å². The molecule has 6 N–H and O–H groups in total. The molecule has 4 aromatic rings. The number of nitrogens with one attached hydrogen (secondary N) is 4. The summed E-state index contributed by atoms with van der Waals surface area (Å²) in [6.45, 7) is 10.9. The first-order valence-corrected chi connectivity index (χ1v) is 29.4. The van der Waals surface area contributed by atoms with Gasteiger partial charge in [-0.25, -0.2) is 46.4 Å². The Balaban J connectivity index is 0.000000221. The van der Waals surface area contributed by atoms with Crippen LogP contribution in [0.1, 0.15) is 77.1 Å². The number of aliphatic hydroxyl groups is 2. The van der Waals surface area contributed by atoms with Crippen molar-refractivity contribution in [1.82, 2.24) is 30.6 Å². The molecule has 8 rings (SSSR count). The maximum Gasteiger partial charge on any atom is 0.319 e. The molecule has 416 valence electrons. The van der Waals surface area contributed by atoms with Gasteiger partial charge in [-0.2, -0.15) is 0 Å². The average Bonchev–Trinajstić information content (AvgIpc) is 3.46. The smallest absolute Gasteiger partial charge is 0.319 e. The van der Waals surface area contributed by atoms with Gasteiger partial charge < -0.3 is 60.2 Å². The van der Waals surface area contributed by atoms with Crippen LogP contribution >= 0.6 is 0 Å². The van der Waals surface area contributed by atoms with Crippen molar-refractivity contribution in [1.29, 1.82) is 0 Å². The lowest BCUT2D eigenvalue weighted by atomic mass is 9.94. The molecule has 2 aromatic carbocycles. The lowest BCUT2D eigenvalue weighted by Gasteiger charge is -2.38. The zero-order valence-electron chi connectivity index (χ0n) is 44.0. The number of hydrogen-bond donors (Lipinski definition) is 6. The van der Waals surface area contributed by atoms with Crippen LogP contribution in [0.2, 0.25) is 0 Å². The molecule has 0 unspecified atom stereocenters. The highest BCUT2D eigenvalue weighted by Gasteiger charge is 2.49. The van der Waals surface area contributed by atoms with E-state index in [1.54, 1.807) is 48.5 Å². The number of ether oxygens (including phenoxy) is 4. The highest BCUT2D eigenvalue weighted by molar-refractivity contribution is 7.92. The van der Waals surface area contributed by atoms with Gasteiger partial charge in [0.05, 0.1) is 61.4 Å². The number of nitrogens with zero attached hydrogens (tertiary/aromatic N) is 6. The van der Waals surface area contributed by atoms with Crippen molar-refractivity contribution in [3.63, 3.8) is 0 Å². The van der Waals surface area contributed by atoms with E-state index in [9.17, 15) is 36.6 Å². The normalized spacial score (nSPS) is 19.7. The summed E-state index contributed by atoms with van der Waals surface area (Å²) >= 11 is 0. The Morgan fingerprint density at radius 1 is 0.618 bits per heavy atom. The highest BCUT2D eigenvalue weighted by Crippen LogP contribution is 2.44. The van der Waals surface area contributed by atoms with Gasteiger partial charge in [-0.1, -0.05) is 6.92 Å². The van der Waals surface area contributed by atoms with Crippen LogP contribution in [-0.4, -0.2) is 175 Å². The van der Waals surface area contributed by atoms with E-state index in [-0.39, 0.29) is 87.4 Å². The molecule has 2 aromatic heterocycles. The van der Waals surface area contributed by atoms with Crippen molar-refractivity contribution < 1.29 is 55.6 Å². The second kappa shape index (κ2) is 26.6. The molecule has 0 aliphatic carbocycles. The number of aliphatic hydroxyl groups excluding tert-OH is 2. The average molecular weight is 1100 g/mol. The minimum atomic E-state index is -3.68. The number of carbonyl (C=O) groups is 2. The summed E-state index contributed by atoms with van der Waals surface area (Å²) in [4.78, 5) is 47.4. The quantitative estimate of drug-likeness (QED) is 0.0792. The monoisotopic (exact) mass is 1090 g/mol. The van der Waals surface area contributed by atoms with Gasteiger partial charge in [0.2, 0.25) is 0 Å². The lowest BCUT2D eigenvalue weighted by Crippen LogP contribution is -2.46. The number of urea groups is 2. The molecule has 4 fully saturated rings. The highest BCUT2D eigenvalue weighted by atomic mass is 32.2. The number of sulfone groups is 2. The summed E-state index contributed by atoms with van der Waals surface area (Å²) in [5, 5.41) is 29.5. The van der Waals surface area contributed by atoms with Crippen LogP contribution in [-0.2, 0) is 48.1 Å². The standard InChI is InChI=1S/C27H39N5O6S.C25H35N5O6S/c1-3-11-28-26(34)29-22-7-5-21(6-8-22)25-30-23(18-24(31-25)32-12-16-38-19-20(32)2)27(9-14-37-15-10-27)39(35,36)17-4-13-33;1-18-17-36-14-10-30(18)22-16-21(25(8-12-35-13-9-25)37(33,34)15-3-11-31)28-23(29-22)19-4-6-20(7-5-19)27-24(32)26-2/h5-8,18,20,33H,3-4,9-17,19H2,1-2H3,(H2,28,29,34);4-7,16,18,31H,3,8-15,17H2,1-2H3,(H2,26,27,32)/t20-;18-/m00/s1. The molecule has 0 radical (unpaired) electrons. The van der Waals surface area contributed by atoms with Crippen LogP contribution in [0.25, 0.3) is 22.8 Å².